The van der Waals surface area contributed by atoms with Crippen molar-refractivity contribution in [2.45, 2.75) is 12.5 Å². The minimum atomic E-state index is -0.774. The van der Waals surface area contributed by atoms with E-state index in [1.54, 1.807) is 6.92 Å². The molecule has 0 radical (unpaired) electrons. The molecule has 5 nitrogen and oxygen atoms in total. The van der Waals surface area contributed by atoms with Gasteiger partial charge in [-0.15, -0.1) is 0 Å². The Morgan fingerprint density at radius 1 is 1.41 bits per heavy atom. The minimum absolute atomic E-state index is 0.0739. The van der Waals surface area contributed by atoms with Crippen LogP contribution in [0.25, 0.3) is 0 Å². The SMILES string of the molecule is C=CC(=N)OCC(C)(COC(=S)C=C)NC=O. The van der Waals surface area contributed by atoms with Crippen LogP contribution in [0.2, 0.25) is 0 Å². The molecule has 0 aromatic carbocycles. The molecule has 0 aliphatic rings. The minimum Gasteiger partial charge on any atom is -0.481 e. The molecule has 0 aromatic rings. The Morgan fingerprint density at radius 2 is 2.00 bits per heavy atom. The summed E-state index contributed by atoms with van der Waals surface area (Å²) in [6, 6.07) is 0. The fourth-order valence-electron chi connectivity index (χ4n) is 0.853. The lowest BCUT2D eigenvalue weighted by Gasteiger charge is -2.28. The average molecular weight is 256 g/mol. The van der Waals surface area contributed by atoms with E-state index < -0.39 is 5.54 Å². The molecule has 6 heteroatoms. The third-order valence-corrected chi connectivity index (χ3v) is 2.12. The number of carbonyl (C=O) groups excluding carboxylic acids is 1. The monoisotopic (exact) mass is 256 g/mol. The van der Waals surface area contributed by atoms with Crippen LogP contribution < -0.4 is 5.32 Å². The molecule has 0 aromatic heterocycles. The Hall–Kier alpha value is -1.69. The number of thiocarbonyl (C=S) groups is 1. The van der Waals surface area contributed by atoms with Crippen molar-refractivity contribution in [2.24, 2.45) is 0 Å². The predicted octanol–water partition coefficient (Wildman–Crippen LogP) is 1.20. The maximum atomic E-state index is 10.5. The van der Waals surface area contributed by atoms with Crippen molar-refractivity contribution in [3.8, 4) is 0 Å². The van der Waals surface area contributed by atoms with E-state index >= 15 is 0 Å². The van der Waals surface area contributed by atoms with Crippen LogP contribution in [-0.4, -0.2) is 36.1 Å². The quantitative estimate of drug-likeness (QED) is 0.225. The van der Waals surface area contributed by atoms with E-state index in [9.17, 15) is 4.79 Å². The van der Waals surface area contributed by atoms with Crippen molar-refractivity contribution in [3.63, 3.8) is 0 Å². The molecule has 0 rings (SSSR count). The van der Waals surface area contributed by atoms with Gasteiger partial charge >= 0.3 is 0 Å². The third-order valence-electron chi connectivity index (χ3n) is 1.84. The van der Waals surface area contributed by atoms with Gasteiger partial charge in [0, 0.05) is 0 Å². The molecule has 0 fully saturated rings. The summed E-state index contributed by atoms with van der Waals surface area (Å²) in [5.41, 5.74) is -0.774. The first-order valence-electron chi connectivity index (χ1n) is 4.82. The van der Waals surface area contributed by atoms with Crippen LogP contribution in [0.1, 0.15) is 6.92 Å². The molecule has 17 heavy (non-hydrogen) atoms. The first kappa shape index (κ1) is 15.3. The molecule has 0 saturated carbocycles. The lowest BCUT2D eigenvalue weighted by Crippen LogP contribution is -2.50. The number of carbonyl (C=O) groups is 1. The lowest BCUT2D eigenvalue weighted by molar-refractivity contribution is -0.112. The van der Waals surface area contributed by atoms with Crippen molar-refractivity contribution >= 4 is 29.6 Å². The Morgan fingerprint density at radius 3 is 2.47 bits per heavy atom. The van der Waals surface area contributed by atoms with Crippen molar-refractivity contribution in [3.05, 3.63) is 25.3 Å². The van der Waals surface area contributed by atoms with E-state index in [4.69, 9.17) is 27.1 Å². The zero-order valence-corrected chi connectivity index (χ0v) is 10.5. The van der Waals surface area contributed by atoms with Crippen molar-refractivity contribution in [2.75, 3.05) is 13.2 Å². The first-order chi connectivity index (χ1) is 7.97. The molecule has 0 aliphatic carbocycles. The molecular formula is C11H16N2O3S. The fraction of sp³-hybridized carbons (Fsp3) is 0.364. The van der Waals surface area contributed by atoms with Crippen LogP contribution in [0.15, 0.2) is 25.3 Å². The second-order valence-electron chi connectivity index (χ2n) is 3.49. The van der Waals surface area contributed by atoms with Gasteiger partial charge in [0.05, 0.1) is 0 Å². The molecule has 0 aliphatic heterocycles. The Kier molecular flexibility index (Phi) is 6.81. The summed E-state index contributed by atoms with van der Waals surface area (Å²) in [4.78, 5) is 10.5. The predicted molar refractivity (Wildman–Crippen MR) is 70.2 cm³/mol. The van der Waals surface area contributed by atoms with Crippen molar-refractivity contribution in [1.29, 1.82) is 5.41 Å². The molecule has 0 heterocycles. The molecule has 0 saturated heterocycles. The first-order valence-corrected chi connectivity index (χ1v) is 5.22. The second kappa shape index (κ2) is 7.56. The van der Waals surface area contributed by atoms with Gasteiger partial charge in [0.2, 0.25) is 12.3 Å². The standard InChI is InChI=1S/C11H16N2O3S/c1-4-9(12)15-6-11(3,13-8-14)7-16-10(17)5-2/h4-5,8,12H,1-2,6-7H2,3H3,(H,13,14). The van der Waals surface area contributed by atoms with Gasteiger partial charge in [0.1, 0.15) is 18.8 Å². The third kappa shape index (κ3) is 6.47. The summed E-state index contributed by atoms with van der Waals surface area (Å²) in [6.45, 7) is 8.77. The highest BCUT2D eigenvalue weighted by Gasteiger charge is 2.26. The highest BCUT2D eigenvalue weighted by atomic mass is 32.1. The molecule has 0 bridgehead atoms. The van der Waals surface area contributed by atoms with Gasteiger partial charge in [-0.3, -0.25) is 10.2 Å². The van der Waals surface area contributed by atoms with Crippen LogP contribution in [0.3, 0.4) is 0 Å². The largest absolute Gasteiger partial charge is 0.481 e. The summed E-state index contributed by atoms with van der Waals surface area (Å²) in [5.74, 6) is -0.0739. The van der Waals surface area contributed by atoms with Gasteiger partial charge in [0.15, 0.2) is 5.05 Å². The average Bonchev–Trinajstić information content (AvgIpc) is 2.33. The summed E-state index contributed by atoms with van der Waals surface area (Å²) in [6.07, 6.45) is 3.20. The molecule has 94 valence electrons. The molecule has 1 atom stereocenters. The van der Waals surface area contributed by atoms with Gasteiger partial charge in [0.25, 0.3) is 0 Å². The van der Waals surface area contributed by atoms with E-state index in [1.165, 1.54) is 12.2 Å². The number of nitrogens with one attached hydrogen (secondary N) is 2. The summed E-state index contributed by atoms with van der Waals surface area (Å²) in [5, 5.41) is 10.1. The second-order valence-corrected chi connectivity index (χ2v) is 3.89. The molecule has 2 N–H and O–H groups in total. The molecule has 0 spiro atoms. The Balaban J connectivity index is 4.38. The molecule has 1 amide bonds. The normalized spacial score (nSPS) is 12.8. The summed E-state index contributed by atoms with van der Waals surface area (Å²) < 4.78 is 10.3. The maximum absolute atomic E-state index is 10.5. The maximum Gasteiger partial charge on any atom is 0.207 e. The van der Waals surface area contributed by atoms with Gasteiger partial charge in [-0.05, 0) is 31.3 Å². The zero-order chi connectivity index (χ0) is 13.3. The lowest BCUT2D eigenvalue weighted by atomic mass is 10.1. The van der Waals surface area contributed by atoms with E-state index in [1.807, 2.05) is 0 Å². The van der Waals surface area contributed by atoms with Gasteiger partial charge in [-0.25, -0.2) is 0 Å². The number of rotatable bonds is 8. The number of hydrogen-bond donors (Lipinski definition) is 2. The molecule has 1 unspecified atom stereocenters. The number of hydrogen-bond acceptors (Lipinski definition) is 5. The van der Waals surface area contributed by atoms with Crippen LogP contribution in [0.5, 0.6) is 0 Å². The van der Waals surface area contributed by atoms with Crippen LogP contribution in [0.4, 0.5) is 0 Å². The topological polar surface area (TPSA) is 71.4 Å². The van der Waals surface area contributed by atoms with Gasteiger partial charge in [-0.1, -0.05) is 13.2 Å². The number of amides is 1. The number of ether oxygens (including phenoxy) is 2. The van der Waals surface area contributed by atoms with Crippen molar-refractivity contribution in [1.82, 2.24) is 5.32 Å². The summed E-state index contributed by atoms with van der Waals surface area (Å²) in [7, 11) is 0. The highest BCUT2D eigenvalue weighted by Crippen LogP contribution is 2.06. The van der Waals surface area contributed by atoms with E-state index in [0.717, 1.165) is 0 Å². The van der Waals surface area contributed by atoms with E-state index in [-0.39, 0.29) is 24.2 Å². The van der Waals surface area contributed by atoms with Crippen LogP contribution in [0, 0.1) is 5.41 Å². The molecular weight excluding hydrogens is 240 g/mol. The van der Waals surface area contributed by atoms with E-state index in [0.29, 0.717) is 6.41 Å². The van der Waals surface area contributed by atoms with Crippen LogP contribution >= 0.6 is 12.2 Å². The Bertz CT molecular complexity index is 305. The Labute approximate surface area is 106 Å². The van der Waals surface area contributed by atoms with Crippen LogP contribution in [-0.2, 0) is 14.3 Å². The van der Waals surface area contributed by atoms with Crippen molar-refractivity contribution < 1.29 is 14.3 Å². The fourth-order valence-corrected chi connectivity index (χ4v) is 0.911. The van der Waals surface area contributed by atoms with E-state index in [2.05, 4.69) is 18.5 Å². The van der Waals surface area contributed by atoms with Gasteiger partial charge < -0.3 is 14.8 Å². The summed E-state index contributed by atoms with van der Waals surface area (Å²) >= 11 is 4.81. The zero-order valence-electron chi connectivity index (χ0n) is 9.69. The highest BCUT2D eigenvalue weighted by molar-refractivity contribution is 7.80. The van der Waals surface area contributed by atoms with Gasteiger partial charge in [-0.2, -0.15) is 0 Å². The smallest absolute Gasteiger partial charge is 0.207 e.